The van der Waals surface area contributed by atoms with Crippen LogP contribution in [0.2, 0.25) is 0 Å². The molecule has 0 saturated carbocycles. The fourth-order valence-corrected chi connectivity index (χ4v) is 3.40. The lowest BCUT2D eigenvalue weighted by Crippen LogP contribution is -2.40. The Hall–Kier alpha value is -2.26. The van der Waals surface area contributed by atoms with Crippen molar-refractivity contribution in [1.82, 2.24) is 19.7 Å². The van der Waals surface area contributed by atoms with Crippen molar-refractivity contribution in [2.45, 2.75) is 18.9 Å². The minimum Gasteiger partial charge on any atom is -0.464 e. The van der Waals surface area contributed by atoms with E-state index in [2.05, 4.69) is 20.4 Å². The van der Waals surface area contributed by atoms with Crippen LogP contribution in [-0.4, -0.2) is 58.3 Å². The molecule has 0 aliphatic carbocycles. The van der Waals surface area contributed by atoms with Gasteiger partial charge in [0.25, 0.3) is 0 Å². The summed E-state index contributed by atoms with van der Waals surface area (Å²) >= 11 is 1.30. The summed E-state index contributed by atoms with van der Waals surface area (Å²) in [6, 6.07) is 3.87. The van der Waals surface area contributed by atoms with E-state index >= 15 is 0 Å². The Balaban J connectivity index is 1.52. The number of carbonyl (C=O) groups excluding carboxylic acids is 2. The number of methoxy groups -OCH3 is 1. The van der Waals surface area contributed by atoms with Crippen molar-refractivity contribution >= 4 is 28.3 Å². The summed E-state index contributed by atoms with van der Waals surface area (Å²) in [6.45, 7) is 1.93. The Kier molecular flexibility index (Phi) is 5.21. The molecule has 3 heterocycles. The van der Waals surface area contributed by atoms with Crippen LogP contribution in [0.25, 0.3) is 0 Å². The molecule has 0 atom stereocenters. The SMILES string of the molecule is COC(=O)c1cccn1C1CCN(CC(=O)Nc2nncs2)CC1. The zero-order valence-electron chi connectivity index (χ0n) is 13.3. The van der Waals surface area contributed by atoms with Gasteiger partial charge in [0.15, 0.2) is 0 Å². The molecule has 1 fully saturated rings. The van der Waals surface area contributed by atoms with Crippen molar-refractivity contribution in [3.8, 4) is 0 Å². The van der Waals surface area contributed by atoms with Crippen LogP contribution in [0.1, 0.15) is 29.4 Å². The van der Waals surface area contributed by atoms with Crippen molar-refractivity contribution in [3.05, 3.63) is 29.5 Å². The van der Waals surface area contributed by atoms with Crippen LogP contribution in [0, 0.1) is 0 Å². The molecule has 1 aliphatic rings. The second-order valence-corrected chi connectivity index (χ2v) is 6.42. The summed E-state index contributed by atoms with van der Waals surface area (Å²) in [4.78, 5) is 25.9. The number of rotatable bonds is 5. The van der Waals surface area contributed by atoms with Crippen LogP contribution in [-0.2, 0) is 9.53 Å². The van der Waals surface area contributed by atoms with E-state index in [9.17, 15) is 9.59 Å². The van der Waals surface area contributed by atoms with Crippen molar-refractivity contribution < 1.29 is 14.3 Å². The molecule has 128 valence electrons. The molecule has 0 radical (unpaired) electrons. The van der Waals surface area contributed by atoms with E-state index in [-0.39, 0.29) is 17.9 Å². The van der Waals surface area contributed by atoms with Crippen LogP contribution >= 0.6 is 11.3 Å². The number of piperidine rings is 1. The van der Waals surface area contributed by atoms with Gasteiger partial charge in [-0.05, 0) is 25.0 Å². The molecular formula is C15H19N5O3S. The first kappa shape index (κ1) is 16.6. The van der Waals surface area contributed by atoms with Crippen LogP contribution in [0.15, 0.2) is 23.8 Å². The lowest BCUT2D eigenvalue weighted by molar-refractivity contribution is -0.117. The largest absolute Gasteiger partial charge is 0.464 e. The third kappa shape index (κ3) is 3.80. The molecule has 0 aromatic carbocycles. The summed E-state index contributed by atoms with van der Waals surface area (Å²) in [5.74, 6) is -0.403. The summed E-state index contributed by atoms with van der Waals surface area (Å²) < 4.78 is 6.79. The molecule has 1 saturated heterocycles. The molecule has 1 amide bonds. The Labute approximate surface area is 143 Å². The Morgan fingerprint density at radius 1 is 1.42 bits per heavy atom. The van der Waals surface area contributed by atoms with Gasteiger partial charge in [0.1, 0.15) is 11.2 Å². The highest BCUT2D eigenvalue weighted by Gasteiger charge is 2.24. The van der Waals surface area contributed by atoms with Crippen LogP contribution in [0.4, 0.5) is 5.13 Å². The predicted molar refractivity (Wildman–Crippen MR) is 89.0 cm³/mol. The van der Waals surface area contributed by atoms with Gasteiger partial charge in [-0.2, -0.15) is 0 Å². The maximum absolute atomic E-state index is 12.0. The van der Waals surface area contributed by atoms with Crippen LogP contribution < -0.4 is 5.32 Å². The van der Waals surface area contributed by atoms with Gasteiger partial charge in [0, 0.05) is 25.3 Å². The van der Waals surface area contributed by atoms with E-state index in [1.807, 2.05) is 16.8 Å². The van der Waals surface area contributed by atoms with E-state index in [1.165, 1.54) is 18.4 Å². The number of nitrogens with one attached hydrogen (secondary N) is 1. The Bertz CT molecular complexity index is 692. The minimum atomic E-state index is -0.320. The number of hydrogen-bond acceptors (Lipinski definition) is 7. The Morgan fingerprint density at radius 3 is 2.88 bits per heavy atom. The van der Waals surface area contributed by atoms with Gasteiger partial charge in [-0.3, -0.25) is 15.0 Å². The van der Waals surface area contributed by atoms with Gasteiger partial charge in [-0.25, -0.2) is 4.79 Å². The van der Waals surface area contributed by atoms with E-state index in [0.717, 1.165) is 25.9 Å². The number of esters is 1. The normalized spacial score (nSPS) is 16.0. The number of amides is 1. The summed E-state index contributed by atoms with van der Waals surface area (Å²) in [5.41, 5.74) is 2.15. The first-order valence-corrected chi connectivity index (χ1v) is 8.59. The van der Waals surface area contributed by atoms with Gasteiger partial charge in [0.2, 0.25) is 11.0 Å². The molecular weight excluding hydrogens is 330 g/mol. The van der Waals surface area contributed by atoms with Gasteiger partial charge < -0.3 is 9.30 Å². The number of carbonyl (C=O) groups is 2. The predicted octanol–water partition coefficient (Wildman–Crippen LogP) is 1.40. The van der Waals surface area contributed by atoms with Crippen molar-refractivity contribution in [1.29, 1.82) is 0 Å². The van der Waals surface area contributed by atoms with Gasteiger partial charge in [-0.1, -0.05) is 11.3 Å². The highest BCUT2D eigenvalue weighted by molar-refractivity contribution is 7.13. The zero-order valence-corrected chi connectivity index (χ0v) is 14.2. The third-order valence-corrected chi connectivity index (χ3v) is 4.70. The Morgan fingerprint density at radius 2 is 2.21 bits per heavy atom. The quantitative estimate of drug-likeness (QED) is 0.821. The second-order valence-electron chi connectivity index (χ2n) is 5.59. The average Bonchev–Trinajstić information content (AvgIpc) is 3.26. The first-order valence-electron chi connectivity index (χ1n) is 7.71. The average molecular weight is 349 g/mol. The number of aromatic nitrogens is 3. The molecule has 0 spiro atoms. The van der Waals surface area contributed by atoms with Gasteiger partial charge in [-0.15, -0.1) is 10.2 Å². The lowest BCUT2D eigenvalue weighted by Gasteiger charge is -2.32. The topological polar surface area (TPSA) is 89.4 Å². The summed E-state index contributed by atoms with van der Waals surface area (Å²) in [6.07, 6.45) is 3.67. The number of nitrogens with zero attached hydrogens (tertiary/aromatic N) is 4. The molecule has 8 nitrogen and oxygen atoms in total. The number of likely N-dealkylation sites (tertiary alicyclic amines) is 1. The van der Waals surface area contributed by atoms with Crippen molar-refractivity contribution in [2.75, 3.05) is 32.1 Å². The van der Waals surface area contributed by atoms with Gasteiger partial charge >= 0.3 is 5.97 Å². The maximum atomic E-state index is 12.0. The standard InChI is InChI=1S/C15H19N5O3S/c1-23-14(22)12-3-2-6-20(12)11-4-7-19(8-5-11)9-13(21)17-15-18-16-10-24-15/h2-3,6,10-11H,4-5,7-9H2,1H3,(H,17,18,21). The van der Waals surface area contributed by atoms with E-state index in [0.29, 0.717) is 17.4 Å². The van der Waals surface area contributed by atoms with E-state index < -0.39 is 0 Å². The van der Waals surface area contributed by atoms with Crippen LogP contribution in [0.3, 0.4) is 0 Å². The van der Waals surface area contributed by atoms with Gasteiger partial charge in [0.05, 0.1) is 13.7 Å². The molecule has 2 aromatic rings. The van der Waals surface area contributed by atoms with Crippen LogP contribution in [0.5, 0.6) is 0 Å². The number of ether oxygens (including phenoxy) is 1. The number of hydrogen-bond donors (Lipinski definition) is 1. The number of anilines is 1. The maximum Gasteiger partial charge on any atom is 0.354 e. The van der Waals surface area contributed by atoms with E-state index in [4.69, 9.17) is 4.74 Å². The second kappa shape index (κ2) is 7.54. The summed E-state index contributed by atoms with van der Waals surface area (Å²) in [5, 5.41) is 10.7. The molecule has 24 heavy (non-hydrogen) atoms. The third-order valence-electron chi connectivity index (χ3n) is 4.10. The van der Waals surface area contributed by atoms with E-state index in [1.54, 1.807) is 11.6 Å². The highest BCUT2D eigenvalue weighted by Crippen LogP contribution is 2.24. The minimum absolute atomic E-state index is 0.0820. The molecule has 9 heteroatoms. The zero-order chi connectivity index (χ0) is 16.9. The fraction of sp³-hybridized carbons (Fsp3) is 0.467. The van der Waals surface area contributed by atoms with Crippen molar-refractivity contribution in [3.63, 3.8) is 0 Å². The molecule has 0 unspecified atom stereocenters. The molecule has 1 aliphatic heterocycles. The molecule has 3 rings (SSSR count). The fourth-order valence-electron chi connectivity index (χ4n) is 2.93. The van der Waals surface area contributed by atoms with Crippen molar-refractivity contribution in [2.24, 2.45) is 0 Å². The first-order chi connectivity index (χ1) is 11.7. The highest BCUT2D eigenvalue weighted by atomic mass is 32.1. The molecule has 2 aromatic heterocycles. The lowest BCUT2D eigenvalue weighted by atomic mass is 10.0. The summed E-state index contributed by atoms with van der Waals surface area (Å²) in [7, 11) is 1.39. The molecule has 0 bridgehead atoms. The monoisotopic (exact) mass is 349 g/mol. The molecule has 1 N–H and O–H groups in total. The smallest absolute Gasteiger partial charge is 0.354 e.